The molecule has 10 heteroatoms. The lowest BCUT2D eigenvalue weighted by atomic mass is 10.0. The van der Waals surface area contributed by atoms with Gasteiger partial charge in [-0.2, -0.15) is 5.26 Å². The van der Waals surface area contributed by atoms with E-state index in [1.54, 1.807) is 12.1 Å². The quantitative estimate of drug-likeness (QED) is 0.390. The molecule has 1 saturated carbocycles. The molecule has 0 radical (unpaired) electrons. The maximum absolute atomic E-state index is 13.7. The topological polar surface area (TPSA) is 97.3 Å². The molecule has 1 atom stereocenters. The molecule has 2 aromatic carbocycles. The zero-order valence-corrected chi connectivity index (χ0v) is 19.4. The molecule has 1 aliphatic carbocycles. The monoisotopic (exact) mass is 491 g/mol. The van der Waals surface area contributed by atoms with Crippen LogP contribution in [0.25, 0.3) is 10.9 Å². The number of fused-ring (bicyclic) bond motifs is 1. The fourth-order valence-electron chi connectivity index (χ4n) is 4.31. The number of anilines is 2. The smallest absolute Gasteiger partial charge is 0.123 e. The SMILES string of the molecule is N#Cc1cnc2c(Cl)cc(NC(C3=CN(C4CC4)NN3)c3ccc(F)cc3)cc2c1NC1COC1. The summed E-state index contributed by atoms with van der Waals surface area (Å²) in [5.41, 5.74) is 10.7. The Morgan fingerprint density at radius 2 is 2.03 bits per heavy atom. The van der Waals surface area contributed by atoms with E-state index in [0.717, 1.165) is 35.2 Å². The fraction of sp³-hybridized carbons (Fsp3) is 0.280. The highest BCUT2D eigenvalue weighted by Gasteiger charge is 2.32. The van der Waals surface area contributed by atoms with E-state index < -0.39 is 0 Å². The number of benzene rings is 2. The van der Waals surface area contributed by atoms with E-state index >= 15 is 0 Å². The van der Waals surface area contributed by atoms with Gasteiger partial charge in [-0.05, 0) is 42.7 Å². The van der Waals surface area contributed by atoms with Crippen molar-refractivity contribution in [1.82, 2.24) is 21.0 Å². The summed E-state index contributed by atoms with van der Waals surface area (Å²) >= 11 is 6.66. The van der Waals surface area contributed by atoms with E-state index in [-0.39, 0.29) is 17.9 Å². The normalized spacial score (nSPS) is 18.4. The number of nitrogens with zero attached hydrogens (tertiary/aromatic N) is 3. The van der Waals surface area contributed by atoms with Crippen LogP contribution in [-0.2, 0) is 4.74 Å². The van der Waals surface area contributed by atoms with E-state index in [2.05, 4.69) is 37.7 Å². The van der Waals surface area contributed by atoms with Gasteiger partial charge in [0.25, 0.3) is 0 Å². The molecule has 3 aromatic rings. The summed E-state index contributed by atoms with van der Waals surface area (Å²) in [6.45, 7) is 1.16. The van der Waals surface area contributed by atoms with Crippen molar-refractivity contribution in [2.45, 2.75) is 31.0 Å². The Bertz CT molecular complexity index is 1350. The lowest BCUT2D eigenvalue weighted by Crippen LogP contribution is -2.40. The van der Waals surface area contributed by atoms with E-state index in [0.29, 0.717) is 41.0 Å². The highest BCUT2D eigenvalue weighted by molar-refractivity contribution is 6.35. The Balaban J connectivity index is 1.40. The molecular formula is C25H23ClFN7O. The van der Waals surface area contributed by atoms with Gasteiger partial charge in [0.1, 0.15) is 11.9 Å². The summed E-state index contributed by atoms with van der Waals surface area (Å²) in [6, 6.07) is 12.7. The second-order valence-corrected chi connectivity index (χ2v) is 9.39. The van der Waals surface area contributed by atoms with Crippen LogP contribution in [0, 0.1) is 17.1 Å². The minimum atomic E-state index is -0.302. The molecule has 0 spiro atoms. The third kappa shape index (κ3) is 4.32. The molecule has 0 amide bonds. The molecule has 3 aliphatic rings. The number of nitrogens with one attached hydrogen (secondary N) is 4. The van der Waals surface area contributed by atoms with Crippen molar-refractivity contribution in [3.63, 3.8) is 0 Å². The van der Waals surface area contributed by atoms with Gasteiger partial charge in [0.15, 0.2) is 0 Å². The number of halogens is 2. The first-order valence-electron chi connectivity index (χ1n) is 11.5. The maximum Gasteiger partial charge on any atom is 0.123 e. The molecule has 3 heterocycles. The molecule has 1 saturated heterocycles. The van der Waals surface area contributed by atoms with Gasteiger partial charge in [0.2, 0.25) is 0 Å². The second-order valence-electron chi connectivity index (χ2n) is 8.98. The van der Waals surface area contributed by atoms with Gasteiger partial charge in [-0.3, -0.25) is 9.99 Å². The minimum absolute atomic E-state index is 0.127. The molecule has 178 valence electrons. The highest BCUT2D eigenvalue weighted by atomic mass is 35.5. The van der Waals surface area contributed by atoms with E-state index in [1.165, 1.54) is 18.3 Å². The van der Waals surface area contributed by atoms with Crippen molar-refractivity contribution in [1.29, 1.82) is 5.26 Å². The first kappa shape index (κ1) is 21.9. The number of hydrogen-bond acceptors (Lipinski definition) is 8. The average molecular weight is 492 g/mol. The van der Waals surface area contributed by atoms with Crippen molar-refractivity contribution >= 4 is 33.9 Å². The third-order valence-corrected chi connectivity index (χ3v) is 6.69. The fourth-order valence-corrected chi connectivity index (χ4v) is 4.58. The summed E-state index contributed by atoms with van der Waals surface area (Å²) in [7, 11) is 0. The summed E-state index contributed by atoms with van der Waals surface area (Å²) in [5, 5.41) is 19.9. The Hall–Kier alpha value is -3.58. The predicted octanol–water partition coefficient (Wildman–Crippen LogP) is 4.19. The molecule has 2 aliphatic heterocycles. The van der Waals surface area contributed by atoms with Crippen LogP contribution in [0.15, 0.2) is 54.5 Å². The Labute approximate surface area is 206 Å². The zero-order chi connectivity index (χ0) is 23.9. The molecule has 8 nitrogen and oxygen atoms in total. The number of nitriles is 1. The van der Waals surface area contributed by atoms with Crippen LogP contribution in [0.3, 0.4) is 0 Å². The summed E-state index contributed by atoms with van der Waals surface area (Å²) in [6.07, 6.45) is 5.86. The average Bonchev–Trinajstić information content (AvgIpc) is 3.57. The van der Waals surface area contributed by atoms with Crippen LogP contribution in [0.1, 0.15) is 30.0 Å². The van der Waals surface area contributed by atoms with Crippen molar-refractivity contribution in [2.24, 2.45) is 0 Å². The molecular weight excluding hydrogens is 469 g/mol. The van der Waals surface area contributed by atoms with Crippen LogP contribution >= 0.6 is 11.6 Å². The Morgan fingerprint density at radius 3 is 2.71 bits per heavy atom. The zero-order valence-electron chi connectivity index (χ0n) is 18.7. The highest BCUT2D eigenvalue weighted by Crippen LogP contribution is 2.37. The van der Waals surface area contributed by atoms with E-state index in [9.17, 15) is 9.65 Å². The van der Waals surface area contributed by atoms with Crippen molar-refractivity contribution in [3.05, 3.63) is 76.5 Å². The lowest BCUT2D eigenvalue weighted by Gasteiger charge is -2.29. The first-order valence-corrected chi connectivity index (χ1v) is 11.9. The largest absolute Gasteiger partial charge is 0.377 e. The summed E-state index contributed by atoms with van der Waals surface area (Å²) in [4.78, 5) is 4.43. The van der Waals surface area contributed by atoms with Crippen molar-refractivity contribution in [2.75, 3.05) is 23.8 Å². The van der Waals surface area contributed by atoms with Crippen LogP contribution in [0.2, 0.25) is 5.02 Å². The number of pyridine rings is 1. The number of hydrogen-bond donors (Lipinski definition) is 4. The van der Waals surface area contributed by atoms with Crippen molar-refractivity contribution in [3.8, 4) is 6.07 Å². The summed E-state index contributed by atoms with van der Waals surface area (Å²) < 4.78 is 19.0. The molecule has 2 fully saturated rings. The molecule has 1 unspecified atom stereocenters. The molecule has 4 N–H and O–H groups in total. The number of rotatable bonds is 7. The van der Waals surface area contributed by atoms with E-state index in [1.807, 2.05) is 18.3 Å². The number of ether oxygens (including phenoxy) is 1. The van der Waals surface area contributed by atoms with Gasteiger partial charge in [0, 0.05) is 29.5 Å². The standard InChI is InChI=1S/C25H23ClFN7O/c26-21-8-17(7-20-23(31-18-12-35-13-18)15(9-28)10-29-25(20)21)30-24(14-1-3-16(27)4-2-14)22-11-34(33-32-22)19-5-6-19/h1-4,7-8,10-11,18-19,24,30,32-33H,5-6,12-13H2,(H,29,31). The van der Waals surface area contributed by atoms with Crippen LogP contribution in [0.4, 0.5) is 15.8 Å². The van der Waals surface area contributed by atoms with Gasteiger partial charge in [-0.15, -0.1) is 5.53 Å². The second kappa shape index (κ2) is 8.89. The summed E-state index contributed by atoms with van der Waals surface area (Å²) in [5.74, 6) is -0.293. The van der Waals surface area contributed by atoms with Crippen LogP contribution < -0.4 is 21.6 Å². The molecule has 1 aromatic heterocycles. The molecule has 35 heavy (non-hydrogen) atoms. The van der Waals surface area contributed by atoms with Crippen molar-refractivity contribution < 1.29 is 9.13 Å². The lowest BCUT2D eigenvalue weighted by molar-refractivity contribution is 0.0211. The van der Waals surface area contributed by atoms with Gasteiger partial charge in [0.05, 0.1) is 52.8 Å². The Morgan fingerprint density at radius 1 is 1.23 bits per heavy atom. The Kier molecular flexibility index (Phi) is 5.57. The van der Waals surface area contributed by atoms with E-state index in [4.69, 9.17) is 16.3 Å². The minimum Gasteiger partial charge on any atom is -0.377 e. The maximum atomic E-state index is 13.7. The third-order valence-electron chi connectivity index (χ3n) is 6.40. The first-order chi connectivity index (χ1) is 17.1. The number of aromatic nitrogens is 1. The van der Waals surface area contributed by atoms with Gasteiger partial charge in [-0.1, -0.05) is 23.7 Å². The predicted molar refractivity (Wildman–Crippen MR) is 132 cm³/mol. The van der Waals surface area contributed by atoms with Gasteiger partial charge < -0.3 is 20.8 Å². The molecule has 6 rings (SSSR count). The molecule has 0 bridgehead atoms. The van der Waals surface area contributed by atoms with Crippen LogP contribution in [0.5, 0.6) is 0 Å². The van der Waals surface area contributed by atoms with Gasteiger partial charge in [-0.25, -0.2) is 4.39 Å². The van der Waals surface area contributed by atoms with Gasteiger partial charge >= 0.3 is 0 Å². The van der Waals surface area contributed by atoms with Crippen LogP contribution in [-0.4, -0.2) is 35.3 Å². The number of hydrazine groups is 2.